The summed E-state index contributed by atoms with van der Waals surface area (Å²) < 4.78 is 26.6. The molecule has 0 spiro atoms. The number of carbonyl (C=O) groups is 1. The van der Waals surface area contributed by atoms with E-state index in [-0.39, 0.29) is 10.8 Å². The van der Waals surface area contributed by atoms with Gasteiger partial charge in [0.05, 0.1) is 10.6 Å². The fourth-order valence-corrected chi connectivity index (χ4v) is 4.00. The first-order chi connectivity index (χ1) is 12.4. The molecule has 0 atom stereocenters. The first kappa shape index (κ1) is 18.1. The average molecular weight is 387 g/mol. The number of hydrogen-bond acceptors (Lipinski definition) is 5. The van der Waals surface area contributed by atoms with E-state index in [0.717, 1.165) is 5.56 Å². The molecule has 0 unspecified atom stereocenters. The monoisotopic (exact) mass is 387 g/mol. The van der Waals surface area contributed by atoms with Crippen LogP contribution < -0.4 is 9.62 Å². The van der Waals surface area contributed by atoms with Crippen molar-refractivity contribution in [1.82, 2.24) is 4.98 Å². The minimum atomic E-state index is -3.66. The van der Waals surface area contributed by atoms with E-state index in [0.29, 0.717) is 16.4 Å². The van der Waals surface area contributed by atoms with Gasteiger partial charge in [0.25, 0.3) is 15.9 Å². The molecule has 26 heavy (non-hydrogen) atoms. The maximum absolute atomic E-state index is 12.7. The number of aryl methyl sites for hydroxylation is 1. The first-order valence-corrected chi connectivity index (χ1v) is 10.1. The Morgan fingerprint density at radius 1 is 1.08 bits per heavy atom. The summed E-state index contributed by atoms with van der Waals surface area (Å²) >= 11 is 1.33. The van der Waals surface area contributed by atoms with Crippen LogP contribution in [0.3, 0.4) is 0 Å². The molecule has 0 aliphatic carbocycles. The first-order valence-electron chi connectivity index (χ1n) is 7.74. The molecule has 6 nitrogen and oxygen atoms in total. The average Bonchev–Trinajstić information content (AvgIpc) is 3.14. The van der Waals surface area contributed by atoms with Gasteiger partial charge in [-0.25, -0.2) is 13.4 Å². The molecule has 0 radical (unpaired) electrons. The van der Waals surface area contributed by atoms with Gasteiger partial charge in [0.1, 0.15) is 0 Å². The second kappa shape index (κ2) is 7.27. The summed E-state index contributed by atoms with van der Waals surface area (Å²) in [5, 5.41) is 4.96. The molecule has 0 saturated carbocycles. The normalized spacial score (nSPS) is 11.2. The SMILES string of the molecule is Cc1ccc(S(=O)(=O)N(C)c2ccc(C(=O)Nc3nccs3)cc2)cc1. The predicted molar refractivity (Wildman–Crippen MR) is 103 cm³/mol. The number of nitrogens with one attached hydrogen (secondary N) is 1. The van der Waals surface area contributed by atoms with E-state index in [4.69, 9.17) is 0 Å². The van der Waals surface area contributed by atoms with E-state index in [1.165, 1.54) is 22.7 Å². The van der Waals surface area contributed by atoms with Crippen LogP contribution in [0.5, 0.6) is 0 Å². The minimum Gasteiger partial charge on any atom is -0.298 e. The van der Waals surface area contributed by atoms with Crippen LogP contribution in [-0.4, -0.2) is 26.4 Å². The zero-order valence-electron chi connectivity index (χ0n) is 14.2. The fourth-order valence-electron chi connectivity index (χ4n) is 2.28. The lowest BCUT2D eigenvalue weighted by atomic mass is 10.2. The highest BCUT2D eigenvalue weighted by Gasteiger charge is 2.21. The van der Waals surface area contributed by atoms with Crippen LogP contribution in [0.15, 0.2) is 65.0 Å². The summed E-state index contributed by atoms with van der Waals surface area (Å²) in [6, 6.07) is 13.0. The molecule has 1 heterocycles. The molecule has 0 aliphatic heterocycles. The van der Waals surface area contributed by atoms with Gasteiger partial charge in [0, 0.05) is 24.2 Å². The zero-order chi connectivity index (χ0) is 18.7. The van der Waals surface area contributed by atoms with Gasteiger partial charge in [-0.2, -0.15) is 0 Å². The number of nitrogens with zero attached hydrogens (tertiary/aromatic N) is 2. The van der Waals surface area contributed by atoms with E-state index in [1.807, 2.05) is 6.92 Å². The molecule has 3 rings (SSSR count). The Hall–Kier alpha value is -2.71. The van der Waals surface area contributed by atoms with Crippen LogP contribution >= 0.6 is 11.3 Å². The summed E-state index contributed by atoms with van der Waals surface area (Å²) in [6.07, 6.45) is 1.61. The maximum Gasteiger partial charge on any atom is 0.264 e. The number of anilines is 2. The Kier molecular flexibility index (Phi) is 5.06. The highest BCUT2D eigenvalue weighted by molar-refractivity contribution is 7.92. The molecule has 8 heteroatoms. The Balaban J connectivity index is 1.79. The largest absolute Gasteiger partial charge is 0.298 e. The number of benzene rings is 2. The van der Waals surface area contributed by atoms with E-state index in [9.17, 15) is 13.2 Å². The van der Waals surface area contributed by atoms with Crippen molar-refractivity contribution in [3.05, 3.63) is 71.2 Å². The number of aromatic nitrogens is 1. The Labute approximate surface area is 156 Å². The third-order valence-corrected chi connectivity index (χ3v) is 6.31. The summed E-state index contributed by atoms with van der Waals surface area (Å²) in [7, 11) is -2.17. The molecule has 2 aromatic carbocycles. The van der Waals surface area contributed by atoms with Gasteiger partial charge in [-0.1, -0.05) is 17.7 Å². The van der Waals surface area contributed by atoms with Gasteiger partial charge in [0.15, 0.2) is 5.13 Å². The van der Waals surface area contributed by atoms with E-state index in [2.05, 4.69) is 10.3 Å². The fraction of sp³-hybridized carbons (Fsp3) is 0.111. The molecule has 134 valence electrons. The smallest absolute Gasteiger partial charge is 0.264 e. The molecule has 0 fully saturated rings. The molecular formula is C18H17N3O3S2. The zero-order valence-corrected chi connectivity index (χ0v) is 15.8. The van der Waals surface area contributed by atoms with Crippen LogP contribution in [0.2, 0.25) is 0 Å². The van der Waals surface area contributed by atoms with E-state index in [1.54, 1.807) is 60.1 Å². The standard InChI is InChI=1S/C18H17N3O3S2/c1-13-3-9-16(10-4-13)26(23,24)21(2)15-7-5-14(6-8-15)17(22)20-18-19-11-12-25-18/h3-12H,1-2H3,(H,19,20,22). The number of rotatable bonds is 5. The molecule has 1 N–H and O–H groups in total. The Morgan fingerprint density at radius 3 is 2.31 bits per heavy atom. The van der Waals surface area contributed by atoms with Crippen molar-refractivity contribution in [3.8, 4) is 0 Å². The summed E-state index contributed by atoms with van der Waals surface area (Å²) in [4.78, 5) is 16.4. The minimum absolute atomic E-state index is 0.219. The summed E-state index contributed by atoms with van der Waals surface area (Å²) in [6.45, 7) is 1.90. The van der Waals surface area contributed by atoms with Gasteiger partial charge in [-0.3, -0.25) is 14.4 Å². The van der Waals surface area contributed by atoms with Crippen LogP contribution in [0.25, 0.3) is 0 Å². The lowest BCUT2D eigenvalue weighted by molar-refractivity contribution is 0.102. The van der Waals surface area contributed by atoms with Crippen molar-refractivity contribution < 1.29 is 13.2 Å². The van der Waals surface area contributed by atoms with Crippen molar-refractivity contribution in [2.75, 3.05) is 16.7 Å². The van der Waals surface area contributed by atoms with Gasteiger partial charge < -0.3 is 0 Å². The molecule has 0 bridgehead atoms. The van der Waals surface area contributed by atoms with Crippen molar-refractivity contribution >= 4 is 38.1 Å². The number of amides is 1. The Bertz CT molecular complexity index is 997. The maximum atomic E-state index is 12.7. The van der Waals surface area contributed by atoms with Gasteiger partial charge in [0.2, 0.25) is 0 Å². The van der Waals surface area contributed by atoms with E-state index < -0.39 is 10.0 Å². The number of hydrogen-bond donors (Lipinski definition) is 1. The van der Waals surface area contributed by atoms with Crippen LogP contribution in [0.4, 0.5) is 10.8 Å². The highest BCUT2D eigenvalue weighted by atomic mass is 32.2. The number of thiazole rings is 1. The second-order valence-corrected chi connectivity index (χ2v) is 8.49. The summed E-state index contributed by atoms with van der Waals surface area (Å²) in [5.74, 6) is -0.296. The van der Waals surface area contributed by atoms with Gasteiger partial charge in [-0.05, 0) is 43.3 Å². The molecule has 1 aromatic heterocycles. The van der Waals surface area contributed by atoms with Crippen LogP contribution in [0.1, 0.15) is 15.9 Å². The topological polar surface area (TPSA) is 79.4 Å². The highest BCUT2D eigenvalue weighted by Crippen LogP contribution is 2.23. The quantitative estimate of drug-likeness (QED) is 0.726. The molecular weight excluding hydrogens is 370 g/mol. The number of sulfonamides is 1. The molecule has 1 amide bonds. The Morgan fingerprint density at radius 2 is 1.73 bits per heavy atom. The van der Waals surface area contributed by atoms with Crippen molar-refractivity contribution in [2.45, 2.75) is 11.8 Å². The summed E-state index contributed by atoms with van der Waals surface area (Å²) in [5.41, 5.74) is 1.88. The molecule has 3 aromatic rings. The molecule has 0 saturated heterocycles. The van der Waals surface area contributed by atoms with E-state index >= 15 is 0 Å². The van der Waals surface area contributed by atoms with Crippen molar-refractivity contribution in [1.29, 1.82) is 0 Å². The lowest BCUT2D eigenvalue weighted by Gasteiger charge is -2.20. The van der Waals surface area contributed by atoms with Crippen molar-refractivity contribution in [3.63, 3.8) is 0 Å². The molecule has 0 aliphatic rings. The van der Waals surface area contributed by atoms with Gasteiger partial charge >= 0.3 is 0 Å². The van der Waals surface area contributed by atoms with Gasteiger partial charge in [-0.15, -0.1) is 11.3 Å². The number of carbonyl (C=O) groups excluding carboxylic acids is 1. The van der Waals surface area contributed by atoms with Crippen LogP contribution in [0, 0.1) is 6.92 Å². The third kappa shape index (κ3) is 3.76. The second-order valence-electron chi connectivity index (χ2n) is 5.62. The third-order valence-electron chi connectivity index (χ3n) is 3.83. The lowest BCUT2D eigenvalue weighted by Crippen LogP contribution is -2.26. The van der Waals surface area contributed by atoms with Crippen molar-refractivity contribution in [2.24, 2.45) is 0 Å². The van der Waals surface area contributed by atoms with Crippen LogP contribution in [-0.2, 0) is 10.0 Å². The predicted octanol–water partition coefficient (Wildman–Crippen LogP) is 3.53.